The summed E-state index contributed by atoms with van der Waals surface area (Å²) in [4.78, 5) is 1.34. The topological polar surface area (TPSA) is 23.8 Å². The molecule has 0 atom stereocenters. The highest BCUT2D eigenvalue weighted by atomic mass is 79.9. The molecule has 18 heavy (non-hydrogen) atoms. The maximum absolute atomic E-state index is 9.58. The van der Waals surface area contributed by atoms with Crippen LogP contribution in [0.5, 0.6) is 0 Å². The van der Waals surface area contributed by atoms with E-state index in [0.717, 1.165) is 35.6 Å². The molecule has 1 nitrogen and oxygen atoms in total. The molecule has 0 N–H and O–H groups in total. The van der Waals surface area contributed by atoms with Gasteiger partial charge in [0.2, 0.25) is 0 Å². The minimum atomic E-state index is -0.102. The van der Waals surface area contributed by atoms with Crippen LogP contribution in [0.4, 0.5) is 0 Å². The number of nitrogens with zero attached hydrogens (tertiary/aromatic N) is 1. The fourth-order valence-corrected chi connectivity index (χ4v) is 4.56. The van der Waals surface area contributed by atoms with E-state index in [-0.39, 0.29) is 5.41 Å². The summed E-state index contributed by atoms with van der Waals surface area (Å²) in [6.45, 7) is 4.61. The lowest BCUT2D eigenvalue weighted by Crippen LogP contribution is -2.29. The van der Waals surface area contributed by atoms with Gasteiger partial charge in [0.15, 0.2) is 0 Å². The molecule has 1 saturated carbocycles. The second kappa shape index (κ2) is 5.75. The van der Waals surface area contributed by atoms with Crippen LogP contribution in [0.3, 0.4) is 0 Å². The van der Waals surface area contributed by atoms with Crippen LogP contribution in [0.1, 0.15) is 44.4 Å². The first-order valence-electron chi connectivity index (χ1n) is 6.69. The molecule has 1 aromatic heterocycles. The normalized spacial score (nSPS) is 28.3. The molecule has 0 unspecified atom stereocenters. The van der Waals surface area contributed by atoms with Crippen LogP contribution < -0.4 is 0 Å². The zero-order chi connectivity index (χ0) is 13.2. The molecular weight excluding hydrogens is 306 g/mol. The molecule has 2 rings (SSSR count). The van der Waals surface area contributed by atoms with Crippen molar-refractivity contribution in [2.45, 2.75) is 46.0 Å². The van der Waals surface area contributed by atoms with Crippen molar-refractivity contribution >= 4 is 27.3 Å². The molecule has 1 aliphatic rings. The van der Waals surface area contributed by atoms with Crippen LogP contribution in [-0.2, 0) is 6.42 Å². The van der Waals surface area contributed by atoms with Crippen molar-refractivity contribution in [3.8, 4) is 6.07 Å². The monoisotopic (exact) mass is 325 g/mol. The molecule has 1 aromatic rings. The Morgan fingerprint density at radius 3 is 2.61 bits per heavy atom. The van der Waals surface area contributed by atoms with Gasteiger partial charge in [0.05, 0.1) is 11.5 Å². The van der Waals surface area contributed by atoms with E-state index in [1.54, 1.807) is 11.3 Å². The summed E-state index contributed by atoms with van der Waals surface area (Å²) in [5, 5.41) is 11.7. The number of hydrogen-bond acceptors (Lipinski definition) is 2. The summed E-state index contributed by atoms with van der Waals surface area (Å²) in [6, 6.07) is 4.79. The average Bonchev–Trinajstić information content (AvgIpc) is 2.75. The molecule has 3 heteroatoms. The number of rotatable bonds is 3. The van der Waals surface area contributed by atoms with Gasteiger partial charge in [-0.25, -0.2) is 0 Å². The number of halogens is 1. The van der Waals surface area contributed by atoms with Crippen molar-refractivity contribution in [1.82, 2.24) is 0 Å². The van der Waals surface area contributed by atoms with Gasteiger partial charge in [0, 0.05) is 21.2 Å². The third-order valence-electron chi connectivity index (χ3n) is 4.30. The Kier molecular flexibility index (Phi) is 4.50. The largest absolute Gasteiger partial charge is 0.198 e. The molecule has 0 radical (unpaired) electrons. The first kappa shape index (κ1) is 14.1. The highest BCUT2D eigenvalue weighted by Crippen LogP contribution is 2.44. The van der Waals surface area contributed by atoms with Crippen LogP contribution >= 0.6 is 27.3 Å². The summed E-state index contributed by atoms with van der Waals surface area (Å²) in [5.41, 5.74) is -0.102. The average molecular weight is 326 g/mol. The van der Waals surface area contributed by atoms with E-state index in [1.807, 2.05) is 0 Å². The lowest BCUT2D eigenvalue weighted by molar-refractivity contribution is 0.175. The molecule has 1 heterocycles. The number of thiophene rings is 1. The SMILES string of the molecule is CC(C)C1CCC(C#N)(Cc2cc(Br)cs2)CC1. The first-order chi connectivity index (χ1) is 8.54. The molecular formula is C15H20BrNS. The fourth-order valence-electron chi connectivity index (χ4n) is 2.97. The highest BCUT2D eigenvalue weighted by molar-refractivity contribution is 9.10. The van der Waals surface area contributed by atoms with E-state index < -0.39 is 0 Å². The summed E-state index contributed by atoms with van der Waals surface area (Å²) in [6.07, 6.45) is 5.52. The van der Waals surface area contributed by atoms with Crippen molar-refractivity contribution in [3.05, 3.63) is 20.8 Å². The maximum Gasteiger partial charge on any atom is 0.0693 e. The van der Waals surface area contributed by atoms with Crippen LogP contribution in [-0.4, -0.2) is 0 Å². The van der Waals surface area contributed by atoms with Gasteiger partial charge in [-0.3, -0.25) is 0 Å². The Morgan fingerprint density at radius 1 is 1.50 bits per heavy atom. The van der Waals surface area contributed by atoms with Gasteiger partial charge in [-0.2, -0.15) is 5.26 Å². The van der Waals surface area contributed by atoms with Gasteiger partial charge < -0.3 is 0 Å². The van der Waals surface area contributed by atoms with E-state index in [1.165, 1.54) is 17.7 Å². The second-order valence-electron chi connectivity index (χ2n) is 5.88. The van der Waals surface area contributed by atoms with Gasteiger partial charge in [0.25, 0.3) is 0 Å². The van der Waals surface area contributed by atoms with Crippen LogP contribution in [0.25, 0.3) is 0 Å². The Hall–Kier alpha value is -0.330. The molecule has 0 aromatic carbocycles. The van der Waals surface area contributed by atoms with E-state index in [9.17, 15) is 5.26 Å². The summed E-state index contributed by atoms with van der Waals surface area (Å²) < 4.78 is 1.14. The van der Waals surface area contributed by atoms with Crippen LogP contribution in [0.2, 0.25) is 0 Å². The van der Waals surface area contributed by atoms with Crippen molar-refractivity contribution in [3.63, 3.8) is 0 Å². The van der Waals surface area contributed by atoms with E-state index in [2.05, 4.69) is 47.3 Å². The van der Waals surface area contributed by atoms with E-state index in [0.29, 0.717) is 0 Å². The fraction of sp³-hybridized carbons (Fsp3) is 0.667. The predicted octanol–water partition coefficient (Wildman–Crippen LogP) is 5.41. The Bertz CT molecular complexity index is 436. The van der Waals surface area contributed by atoms with Crippen molar-refractivity contribution in [2.75, 3.05) is 0 Å². The molecule has 0 saturated heterocycles. The third-order valence-corrected chi connectivity index (χ3v) is 6.00. The minimum Gasteiger partial charge on any atom is -0.198 e. The summed E-state index contributed by atoms with van der Waals surface area (Å²) >= 11 is 5.26. The Labute approximate surface area is 122 Å². The lowest BCUT2D eigenvalue weighted by atomic mass is 9.67. The predicted molar refractivity (Wildman–Crippen MR) is 80.6 cm³/mol. The van der Waals surface area contributed by atoms with Gasteiger partial charge >= 0.3 is 0 Å². The Balaban J connectivity index is 2.03. The highest BCUT2D eigenvalue weighted by Gasteiger charge is 2.36. The quantitative estimate of drug-likeness (QED) is 0.728. The lowest BCUT2D eigenvalue weighted by Gasteiger charge is -2.36. The van der Waals surface area contributed by atoms with Crippen molar-refractivity contribution in [1.29, 1.82) is 5.26 Å². The van der Waals surface area contributed by atoms with Gasteiger partial charge in [-0.15, -0.1) is 11.3 Å². The molecule has 1 aliphatic carbocycles. The molecule has 0 bridgehead atoms. The van der Waals surface area contributed by atoms with Crippen LogP contribution in [0.15, 0.2) is 15.9 Å². The van der Waals surface area contributed by atoms with E-state index >= 15 is 0 Å². The molecule has 0 amide bonds. The van der Waals surface area contributed by atoms with Crippen LogP contribution in [0, 0.1) is 28.6 Å². The molecule has 0 spiro atoms. The van der Waals surface area contributed by atoms with Crippen molar-refractivity contribution < 1.29 is 0 Å². The van der Waals surface area contributed by atoms with Gasteiger partial charge in [0.1, 0.15) is 0 Å². The van der Waals surface area contributed by atoms with Gasteiger partial charge in [-0.05, 0) is 59.5 Å². The smallest absolute Gasteiger partial charge is 0.0693 e. The number of nitriles is 1. The Morgan fingerprint density at radius 2 is 2.17 bits per heavy atom. The van der Waals surface area contributed by atoms with Crippen molar-refractivity contribution in [2.24, 2.45) is 17.3 Å². The third kappa shape index (κ3) is 3.16. The summed E-state index contributed by atoms with van der Waals surface area (Å²) in [7, 11) is 0. The molecule has 1 fully saturated rings. The standard InChI is InChI=1S/C15H20BrNS/c1-11(2)12-3-5-15(10-17,6-4-12)8-14-7-13(16)9-18-14/h7,9,11-12H,3-6,8H2,1-2H3. The maximum atomic E-state index is 9.58. The molecule has 0 aliphatic heterocycles. The van der Waals surface area contributed by atoms with Gasteiger partial charge in [-0.1, -0.05) is 13.8 Å². The zero-order valence-corrected chi connectivity index (χ0v) is 13.5. The number of hydrogen-bond donors (Lipinski definition) is 0. The summed E-state index contributed by atoms with van der Waals surface area (Å²) in [5.74, 6) is 1.58. The first-order valence-corrected chi connectivity index (χ1v) is 8.36. The molecule has 98 valence electrons. The second-order valence-corrected chi connectivity index (χ2v) is 7.79. The van der Waals surface area contributed by atoms with E-state index in [4.69, 9.17) is 0 Å². The zero-order valence-electron chi connectivity index (χ0n) is 11.1. The minimum absolute atomic E-state index is 0.102.